The summed E-state index contributed by atoms with van der Waals surface area (Å²) in [6, 6.07) is -0.171. The van der Waals surface area contributed by atoms with Crippen LogP contribution in [0.3, 0.4) is 0 Å². The maximum atomic E-state index is 11.8. The molecule has 6 nitrogen and oxygen atoms in total. The van der Waals surface area contributed by atoms with E-state index in [4.69, 9.17) is 9.84 Å². The highest BCUT2D eigenvalue weighted by molar-refractivity contribution is 5.80. The quantitative estimate of drug-likeness (QED) is 0.590. The van der Waals surface area contributed by atoms with Gasteiger partial charge in [-0.2, -0.15) is 0 Å². The SMILES string of the molecule is CCCCOCCCNC(=O)N(CC(=O)O)C1CC1. The summed E-state index contributed by atoms with van der Waals surface area (Å²) in [5.41, 5.74) is 0. The number of carbonyl (C=O) groups is 2. The minimum atomic E-state index is -0.968. The van der Waals surface area contributed by atoms with Crippen LogP contribution in [-0.4, -0.2) is 54.4 Å². The molecule has 1 aliphatic rings. The molecule has 0 atom stereocenters. The van der Waals surface area contributed by atoms with Crippen molar-refractivity contribution in [1.82, 2.24) is 10.2 Å². The first-order chi connectivity index (χ1) is 9.15. The fraction of sp³-hybridized carbons (Fsp3) is 0.846. The average Bonchev–Trinajstić information content (AvgIpc) is 3.18. The molecule has 0 spiro atoms. The van der Waals surface area contributed by atoms with Crippen molar-refractivity contribution in [3.63, 3.8) is 0 Å². The predicted octanol–water partition coefficient (Wildman–Crippen LogP) is 1.45. The van der Waals surface area contributed by atoms with Crippen molar-refractivity contribution in [2.45, 2.75) is 45.1 Å². The third-order valence-electron chi connectivity index (χ3n) is 2.94. The summed E-state index contributed by atoms with van der Waals surface area (Å²) in [7, 11) is 0. The van der Waals surface area contributed by atoms with Crippen LogP contribution in [0.25, 0.3) is 0 Å². The van der Waals surface area contributed by atoms with Gasteiger partial charge in [0, 0.05) is 25.8 Å². The lowest BCUT2D eigenvalue weighted by atomic mass is 10.4. The lowest BCUT2D eigenvalue weighted by molar-refractivity contribution is -0.137. The first-order valence-electron chi connectivity index (χ1n) is 6.99. The molecule has 0 aromatic rings. The topological polar surface area (TPSA) is 78.9 Å². The van der Waals surface area contributed by atoms with Crippen LogP contribution < -0.4 is 5.32 Å². The maximum absolute atomic E-state index is 11.8. The summed E-state index contributed by atoms with van der Waals surface area (Å²) in [4.78, 5) is 23.9. The number of ether oxygens (including phenoxy) is 1. The van der Waals surface area contributed by atoms with Crippen molar-refractivity contribution in [1.29, 1.82) is 0 Å². The maximum Gasteiger partial charge on any atom is 0.323 e. The molecule has 2 amide bonds. The third-order valence-corrected chi connectivity index (χ3v) is 2.94. The van der Waals surface area contributed by atoms with E-state index >= 15 is 0 Å². The molecule has 0 radical (unpaired) electrons. The van der Waals surface area contributed by atoms with Crippen LogP contribution in [0.1, 0.15) is 39.0 Å². The summed E-state index contributed by atoms with van der Waals surface area (Å²) in [5.74, 6) is -0.968. The number of nitrogens with one attached hydrogen (secondary N) is 1. The predicted molar refractivity (Wildman–Crippen MR) is 71.1 cm³/mol. The molecule has 1 rings (SSSR count). The molecule has 0 bridgehead atoms. The van der Waals surface area contributed by atoms with Crippen molar-refractivity contribution in [2.24, 2.45) is 0 Å². The Labute approximate surface area is 114 Å². The molecule has 2 N–H and O–H groups in total. The van der Waals surface area contributed by atoms with Gasteiger partial charge in [-0.15, -0.1) is 0 Å². The number of nitrogens with zero attached hydrogens (tertiary/aromatic N) is 1. The molecule has 0 saturated heterocycles. The molecule has 1 fully saturated rings. The second-order valence-electron chi connectivity index (χ2n) is 4.80. The molecule has 0 aliphatic heterocycles. The van der Waals surface area contributed by atoms with E-state index in [1.165, 1.54) is 4.90 Å². The Balaban J connectivity index is 2.09. The molecule has 1 saturated carbocycles. The Bertz CT molecular complexity index is 292. The highest BCUT2D eigenvalue weighted by Gasteiger charge is 2.33. The van der Waals surface area contributed by atoms with Crippen LogP contribution in [0, 0.1) is 0 Å². The van der Waals surface area contributed by atoms with E-state index in [-0.39, 0.29) is 18.6 Å². The van der Waals surface area contributed by atoms with E-state index in [0.29, 0.717) is 13.2 Å². The van der Waals surface area contributed by atoms with Crippen molar-refractivity contribution >= 4 is 12.0 Å². The number of rotatable bonds is 10. The molecule has 6 heteroatoms. The van der Waals surface area contributed by atoms with Crippen LogP contribution in [0.5, 0.6) is 0 Å². The standard InChI is InChI=1S/C13H24N2O4/c1-2-3-8-19-9-4-7-14-13(18)15(10-12(16)17)11-5-6-11/h11H,2-10H2,1H3,(H,14,18)(H,16,17). The van der Waals surface area contributed by atoms with Crippen molar-refractivity contribution in [3.05, 3.63) is 0 Å². The Morgan fingerprint density at radius 3 is 2.58 bits per heavy atom. The monoisotopic (exact) mass is 272 g/mol. The lowest BCUT2D eigenvalue weighted by Gasteiger charge is -2.20. The number of hydrogen-bond donors (Lipinski definition) is 2. The summed E-state index contributed by atoms with van der Waals surface area (Å²) in [5, 5.41) is 11.5. The molecule has 110 valence electrons. The molecule has 19 heavy (non-hydrogen) atoms. The second kappa shape index (κ2) is 8.74. The van der Waals surface area contributed by atoms with Gasteiger partial charge in [-0.1, -0.05) is 13.3 Å². The van der Waals surface area contributed by atoms with Gasteiger partial charge in [-0.25, -0.2) is 4.79 Å². The van der Waals surface area contributed by atoms with Gasteiger partial charge in [-0.05, 0) is 25.7 Å². The number of carboxylic acid groups (broad SMARTS) is 1. The van der Waals surface area contributed by atoms with Crippen LogP contribution in [0.15, 0.2) is 0 Å². The number of carbonyl (C=O) groups excluding carboxylic acids is 1. The Hall–Kier alpha value is -1.30. The summed E-state index contributed by atoms with van der Waals surface area (Å²) < 4.78 is 5.38. The Morgan fingerprint density at radius 2 is 2.00 bits per heavy atom. The molecular weight excluding hydrogens is 248 g/mol. The van der Waals surface area contributed by atoms with Crippen molar-refractivity contribution < 1.29 is 19.4 Å². The fourth-order valence-corrected chi connectivity index (χ4v) is 1.72. The Morgan fingerprint density at radius 1 is 1.32 bits per heavy atom. The number of aliphatic carboxylic acids is 1. The van der Waals surface area contributed by atoms with E-state index in [0.717, 1.165) is 38.7 Å². The second-order valence-corrected chi connectivity index (χ2v) is 4.80. The zero-order valence-corrected chi connectivity index (χ0v) is 11.6. The number of urea groups is 1. The summed E-state index contributed by atoms with van der Waals surface area (Å²) in [6.07, 6.45) is 4.73. The minimum absolute atomic E-state index is 0.108. The largest absolute Gasteiger partial charge is 0.480 e. The number of unbranched alkanes of at least 4 members (excludes halogenated alkanes) is 1. The summed E-state index contributed by atoms with van der Waals surface area (Å²) >= 11 is 0. The van der Waals surface area contributed by atoms with Gasteiger partial charge in [0.2, 0.25) is 0 Å². The van der Waals surface area contributed by atoms with Gasteiger partial charge < -0.3 is 20.1 Å². The van der Waals surface area contributed by atoms with E-state index < -0.39 is 5.97 Å². The van der Waals surface area contributed by atoms with Gasteiger partial charge in [0.1, 0.15) is 6.54 Å². The molecule has 0 aromatic heterocycles. The van der Waals surface area contributed by atoms with Gasteiger partial charge in [0.25, 0.3) is 0 Å². The molecule has 0 aromatic carbocycles. The normalized spacial score (nSPS) is 14.2. The van der Waals surface area contributed by atoms with E-state index in [9.17, 15) is 9.59 Å². The van der Waals surface area contributed by atoms with Crippen molar-refractivity contribution in [2.75, 3.05) is 26.3 Å². The van der Waals surface area contributed by atoms with E-state index in [2.05, 4.69) is 12.2 Å². The van der Waals surface area contributed by atoms with Crippen LogP contribution in [0.4, 0.5) is 4.79 Å². The highest BCUT2D eigenvalue weighted by atomic mass is 16.5. The molecule has 0 unspecified atom stereocenters. The third kappa shape index (κ3) is 7.00. The zero-order valence-electron chi connectivity index (χ0n) is 11.6. The van der Waals surface area contributed by atoms with E-state index in [1.807, 2.05) is 0 Å². The number of carboxylic acids is 1. The molecule has 1 aliphatic carbocycles. The van der Waals surface area contributed by atoms with Gasteiger partial charge in [-0.3, -0.25) is 4.79 Å². The first kappa shape index (κ1) is 15.8. The van der Waals surface area contributed by atoms with Gasteiger partial charge in [0.15, 0.2) is 0 Å². The minimum Gasteiger partial charge on any atom is -0.480 e. The lowest BCUT2D eigenvalue weighted by Crippen LogP contribution is -2.44. The summed E-state index contributed by atoms with van der Waals surface area (Å²) in [6.45, 7) is 3.80. The van der Waals surface area contributed by atoms with E-state index in [1.54, 1.807) is 0 Å². The van der Waals surface area contributed by atoms with Gasteiger partial charge >= 0.3 is 12.0 Å². The van der Waals surface area contributed by atoms with Gasteiger partial charge in [0.05, 0.1) is 0 Å². The number of hydrogen-bond acceptors (Lipinski definition) is 3. The van der Waals surface area contributed by atoms with Crippen LogP contribution >= 0.6 is 0 Å². The molecular formula is C13H24N2O4. The average molecular weight is 272 g/mol. The van der Waals surface area contributed by atoms with Crippen LogP contribution in [-0.2, 0) is 9.53 Å². The highest BCUT2D eigenvalue weighted by Crippen LogP contribution is 2.26. The van der Waals surface area contributed by atoms with Crippen LogP contribution in [0.2, 0.25) is 0 Å². The zero-order chi connectivity index (χ0) is 14.1. The first-order valence-corrected chi connectivity index (χ1v) is 6.99. The fourth-order valence-electron chi connectivity index (χ4n) is 1.72. The number of amides is 2. The molecule has 0 heterocycles. The Kier molecular flexibility index (Phi) is 7.25. The van der Waals surface area contributed by atoms with Crippen molar-refractivity contribution in [3.8, 4) is 0 Å². The smallest absolute Gasteiger partial charge is 0.323 e.